The van der Waals surface area contributed by atoms with Crippen LogP contribution in [0, 0.1) is 12.8 Å². The fraction of sp³-hybridized carbons (Fsp3) is 0.500. The highest BCUT2D eigenvalue weighted by atomic mass is 32.2. The zero-order valence-corrected chi connectivity index (χ0v) is 13.0. The Kier molecular flexibility index (Phi) is 6.16. The second kappa shape index (κ2) is 7.40. The molecule has 0 heterocycles. The molecule has 1 rings (SSSR count). The van der Waals surface area contributed by atoms with Crippen molar-refractivity contribution in [3.8, 4) is 0 Å². The van der Waals surface area contributed by atoms with Gasteiger partial charge in [0.15, 0.2) is 0 Å². The lowest BCUT2D eigenvalue weighted by Crippen LogP contribution is -2.37. The molecule has 0 fully saturated rings. The Morgan fingerprint density at radius 3 is 2.35 bits per heavy atom. The molecule has 0 aliphatic carbocycles. The maximum atomic E-state index is 11.9. The first-order valence-electron chi connectivity index (χ1n) is 6.64. The molecule has 5 nitrogen and oxygen atoms in total. The van der Waals surface area contributed by atoms with Crippen molar-refractivity contribution in [2.75, 3.05) is 13.1 Å². The summed E-state index contributed by atoms with van der Waals surface area (Å²) in [5.74, 6) is 0.181. The third kappa shape index (κ3) is 5.71. The maximum absolute atomic E-state index is 11.9. The first kappa shape index (κ1) is 16.7. The molecule has 0 spiro atoms. The highest BCUT2D eigenvalue weighted by molar-refractivity contribution is 7.89. The van der Waals surface area contributed by atoms with Gasteiger partial charge in [0.25, 0.3) is 0 Å². The number of aryl methyl sites for hydroxylation is 1. The topological polar surface area (TPSA) is 75.3 Å². The summed E-state index contributed by atoms with van der Waals surface area (Å²) in [6.45, 7) is 6.32. The first-order chi connectivity index (χ1) is 9.31. The normalized spacial score (nSPS) is 11.6. The van der Waals surface area contributed by atoms with Crippen molar-refractivity contribution in [3.05, 3.63) is 29.8 Å². The number of carbonyl (C=O) groups is 1. The molecule has 0 atom stereocenters. The van der Waals surface area contributed by atoms with Crippen LogP contribution in [0.2, 0.25) is 0 Å². The van der Waals surface area contributed by atoms with Gasteiger partial charge in [0.1, 0.15) is 0 Å². The number of amides is 1. The Hall–Kier alpha value is -1.40. The van der Waals surface area contributed by atoms with Gasteiger partial charge in [-0.25, -0.2) is 13.1 Å². The van der Waals surface area contributed by atoms with Gasteiger partial charge in [-0.2, -0.15) is 0 Å². The second-order valence-corrected chi connectivity index (χ2v) is 6.94. The van der Waals surface area contributed by atoms with Gasteiger partial charge in [0.05, 0.1) is 11.4 Å². The largest absolute Gasteiger partial charge is 0.355 e. The molecule has 0 bridgehead atoms. The summed E-state index contributed by atoms with van der Waals surface area (Å²) in [4.78, 5) is 11.7. The van der Waals surface area contributed by atoms with Gasteiger partial charge in [-0.15, -0.1) is 0 Å². The van der Waals surface area contributed by atoms with Gasteiger partial charge in [0, 0.05) is 6.54 Å². The van der Waals surface area contributed by atoms with Crippen LogP contribution in [-0.4, -0.2) is 27.4 Å². The zero-order valence-electron chi connectivity index (χ0n) is 12.1. The molecule has 0 aliphatic rings. The van der Waals surface area contributed by atoms with Crippen molar-refractivity contribution >= 4 is 15.9 Å². The van der Waals surface area contributed by atoms with Crippen molar-refractivity contribution in [3.63, 3.8) is 0 Å². The lowest BCUT2D eigenvalue weighted by molar-refractivity contribution is -0.119. The van der Waals surface area contributed by atoms with E-state index < -0.39 is 10.0 Å². The molecule has 20 heavy (non-hydrogen) atoms. The Bertz CT molecular complexity index is 536. The average Bonchev–Trinajstić information content (AvgIpc) is 2.36. The van der Waals surface area contributed by atoms with Crippen LogP contribution in [0.25, 0.3) is 0 Å². The number of carbonyl (C=O) groups excluding carboxylic acids is 1. The third-order valence-electron chi connectivity index (χ3n) is 2.80. The summed E-state index contributed by atoms with van der Waals surface area (Å²) in [7, 11) is -3.62. The van der Waals surface area contributed by atoms with Gasteiger partial charge < -0.3 is 5.32 Å². The van der Waals surface area contributed by atoms with Gasteiger partial charge in [0.2, 0.25) is 15.9 Å². The molecule has 2 N–H and O–H groups in total. The number of nitrogens with one attached hydrogen (secondary N) is 2. The molecule has 0 aromatic heterocycles. The van der Waals surface area contributed by atoms with E-state index in [1.54, 1.807) is 12.1 Å². The summed E-state index contributed by atoms with van der Waals surface area (Å²) in [6, 6.07) is 6.48. The Balaban J connectivity index is 2.47. The zero-order chi connectivity index (χ0) is 15.2. The SMILES string of the molecule is Cc1ccc(S(=O)(=O)NCC(=O)NCCC(C)C)cc1. The van der Waals surface area contributed by atoms with Crippen LogP contribution in [-0.2, 0) is 14.8 Å². The van der Waals surface area contributed by atoms with Gasteiger partial charge in [-0.3, -0.25) is 4.79 Å². The molecule has 0 aliphatic heterocycles. The smallest absolute Gasteiger partial charge is 0.241 e. The summed E-state index contributed by atoms with van der Waals surface area (Å²) in [5.41, 5.74) is 0.982. The highest BCUT2D eigenvalue weighted by Gasteiger charge is 2.14. The highest BCUT2D eigenvalue weighted by Crippen LogP contribution is 2.09. The second-order valence-electron chi connectivity index (χ2n) is 5.17. The van der Waals surface area contributed by atoms with Gasteiger partial charge in [-0.05, 0) is 31.4 Å². The van der Waals surface area contributed by atoms with Crippen LogP contribution in [0.3, 0.4) is 0 Å². The van der Waals surface area contributed by atoms with Crippen LogP contribution in [0.4, 0.5) is 0 Å². The van der Waals surface area contributed by atoms with E-state index in [1.165, 1.54) is 12.1 Å². The number of hydrogen-bond donors (Lipinski definition) is 2. The van der Waals surface area contributed by atoms with Crippen molar-refractivity contribution in [1.82, 2.24) is 10.0 Å². The quantitative estimate of drug-likeness (QED) is 0.799. The molecule has 6 heteroatoms. The third-order valence-corrected chi connectivity index (χ3v) is 4.22. The molecular weight excluding hydrogens is 276 g/mol. The summed E-state index contributed by atoms with van der Waals surface area (Å²) in [5, 5.41) is 2.68. The van der Waals surface area contributed by atoms with Crippen molar-refractivity contribution in [2.24, 2.45) is 5.92 Å². The molecule has 0 saturated heterocycles. The molecule has 0 saturated carbocycles. The molecule has 0 radical (unpaired) electrons. The van der Waals surface area contributed by atoms with Crippen LogP contribution in [0.15, 0.2) is 29.2 Å². The predicted molar refractivity (Wildman–Crippen MR) is 78.8 cm³/mol. The minimum Gasteiger partial charge on any atom is -0.355 e. The maximum Gasteiger partial charge on any atom is 0.241 e. The van der Waals surface area contributed by atoms with Crippen LogP contribution in [0.1, 0.15) is 25.8 Å². The average molecular weight is 298 g/mol. The molecule has 112 valence electrons. The Morgan fingerprint density at radius 1 is 1.20 bits per heavy atom. The van der Waals surface area contributed by atoms with Gasteiger partial charge in [-0.1, -0.05) is 31.5 Å². The van der Waals surface area contributed by atoms with E-state index in [2.05, 4.69) is 23.9 Å². The molecule has 1 aromatic carbocycles. The van der Waals surface area contributed by atoms with E-state index in [1.807, 2.05) is 6.92 Å². The number of rotatable bonds is 7. The first-order valence-corrected chi connectivity index (χ1v) is 8.12. The van der Waals surface area contributed by atoms with Crippen LogP contribution in [0.5, 0.6) is 0 Å². The van der Waals surface area contributed by atoms with E-state index in [-0.39, 0.29) is 17.3 Å². The van der Waals surface area contributed by atoms with E-state index in [0.29, 0.717) is 12.5 Å². The van der Waals surface area contributed by atoms with Crippen LogP contribution >= 0.6 is 0 Å². The van der Waals surface area contributed by atoms with Crippen LogP contribution < -0.4 is 10.0 Å². The van der Waals surface area contributed by atoms with E-state index in [4.69, 9.17) is 0 Å². The summed E-state index contributed by atoms with van der Waals surface area (Å²) in [6.07, 6.45) is 0.871. The van der Waals surface area contributed by atoms with E-state index >= 15 is 0 Å². The lowest BCUT2D eigenvalue weighted by atomic mass is 10.1. The molecule has 0 unspecified atom stereocenters. The van der Waals surface area contributed by atoms with Crippen molar-refractivity contribution in [1.29, 1.82) is 0 Å². The molecule has 1 aromatic rings. The minimum atomic E-state index is -3.62. The Morgan fingerprint density at radius 2 is 1.80 bits per heavy atom. The van der Waals surface area contributed by atoms with Gasteiger partial charge >= 0.3 is 0 Å². The van der Waals surface area contributed by atoms with E-state index in [0.717, 1.165) is 12.0 Å². The fourth-order valence-corrected chi connectivity index (χ4v) is 2.51. The summed E-state index contributed by atoms with van der Waals surface area (Å²) >= 11 is 0. The van der Waals surface area contributed by atoms with Crippen molar-refractivity contribution in [2.45, 2.75) is 32.1 Å². The molecular formula is C14H22N2O3S. The number of benzene rings is 1. The fourth-order valence-electron chi connectivity index (χ4n) is 1.52. The monoisotopic (exact) mass is 298 g/mol. The predicted octanol–water partition coefficient (Wildman–Crippen LogP) is 1.44. The summed E-state index contributed by atoms with van der Waals surface area (Å²) < 4.78 is 26.2. The number of sulfonamides is 1. The molecule has 1 amide bonds. The Labute approximate surface area is 120 Å². The number of hydrogen-bond acceptors (Lipinski definition) is 3. The van der Waals surface area contributed by atoms with Crippen molar-refractivity contribution < 1.29 is 13.2 Å². The lowest BCUT2D eigenvalue weighted by Gasteiger charge is -2.09. The standard InChI is InChI=1S/C14H22N2O3S/c1-11(2)8-9-15-14(17)10-16-20(18,19)13-6-4-12(3)5-7-13/h4-7,11,16H,8-10H2,1-3H3,(H,15,17). The minimum absolute atomic E-state index is 0.165. The van der Waals surface area contributed by atoms with E-state index in [9.17, 15) is 13.2 Å².